The van der Waals surface area contributed by atoms with E-state index in [1.807, 2.05) is 0 Å². The van der Waals surface area contributed by atoms with Crippen LogP contribution in [-0.2, 0) is 23.9 Å². The molecule has 2 unspecified atom stereocenters. The first-order valence-corrected chi connectivity index (χ1v) is 13.2. The fraction of sp³-hybridized carbons (Fsp3) is 0.0938. The highest BCUT2D eigenvalue weighted by Gasteiger charge is 2.73. The third-order valence-electron chi connectivity index (χ3n) is 7.61. The van der Waals surface area contributed by atoms with Gasteiger partial charge in [0.15, 0.2) is 0 Å². The minimum absolute atomic E-state index is 0.139. The molecule has 0 saturated carbocycles. The van der Waals surface area contributed by atoms with E-state index in [1.165, 1.54) is 59.1 Å². The largest absolute Gasteiger partial charge is 0.506 e. The SMILES string of the molecule is COC1=C/C(=C2\C(=O)C(=O)N(c3ccccc3O)C23C(=O)N(c2ccccc2)C(N)=[N+]3c2ccccc2)C(C(=O)O)C=C1. The minimum atomic E-state index is -2.39. The highest BCUT2D eigenvalue weighted by Crippen LogP contribution is 2.50. The molecule has 0 bridgehead atoms. The van der Waals surface area contributed by atoms with Gasteiger partial charge in [-0.25, -0.2) is 4.79 Å². The summed E-state index contributed by atoms with van der Waals surface area (Å²) in [5.74, 6) is -6.23. The number of hydrogen-bond acceptors (Lipinski definition) is 7. The highest BCUT2D eigenvalue weighted by molar-refractivity contribution is 6.54. The van der Waals surface area contributed by atoms with E-state index in [4.69, 9.17) is 10.5 Å². The second-order valence-electron chi connectivity index (χ2n) is 9.89. The number of methoxy groups -OCH3 is 1. The summed E-state index contributed by atoms with van der Waals surface area (Å²) in [7, 11) is 1.37. The molecular formula is C32H25N4O7+. The summed E-state index contributed by atoms with van der Waals surface area (Å²) in [4.78, 5) is 58.1. The van der Waals surface area contributed by atoms with E-state index in [1.54, 1.807) is 60.7 Å². The number of aromatic hydroxyl groups is 1. The Hall–Kier alpha value is -5.97. The van der Waals surface area contributed by atoms with Crippen LogP contribution >= 0.6 is 0 Å². The molecule has 3 aromatic rings. The number of allylic oxidation sites excluding steroid dienone is 2. The number of nitrogens with zero attached hydrogens (tertiary/aromatic N) is 3. The maximum Gasteiger partial charge on any atom is 0.366 e. The van der Waals surface area contributed by atoms with Crippen LogP contribution in [0.25, 0.3) is 0 Å². The first kappa shape index (κ1) is 27.2. The topological polar surface area (TPSA) is 153 Å². The van der Waals surface area contributed by atoms with Crippen LogP contribution in [0.15, 0.2) is 120 Å². The molecule has 0 aromatic heterocycles. The van der Waals surface area contributed by atoms with E-state index in [9.17, 15) is 24.6 Å². The Balaban J connectivity index is 1.81. The molecule has 1 spiro atoms. The standard InChI is InChI=1S/C32H24N4O7/c1-43-21-16-17-22(29(40)41)23(18-21)26-27(38)28(39)36(24-14-8-9-15-25(24)37)32(26)30(42)34(19-10-4-2-5-11-19)31(33)35(32)20-12-6-3-7-13-20/h2-18,22,33H,1H3,(H2,37,40,41)/p+1/b26-23-. The molecule has 0 radical (unpaired) electrons. The van der Waals surface area contributed by atoms with Crippen molar-refractivity contribution in [3.8, 4) is 5.75 Å². The van der Waals surface area contributed by atoms with E-state index >= 15 is 4.79 Å². The average Bonchev–Trinajstić information content (AvgIpc) is 3.38. The molecule has 4 N–H and O–H groups in total. The summed E-state index contributed by atoms with van der Waals surface area (Å²) in [6.45, 7) is 0. The number of phenolic OH excluding ortho intramolecular Hbond substituents is 1. The lowest BCUT2D eigenvalue weighted by Crippen LogP contribution is -2.59. The molecule has 43 heavy (non-hydrogen) atoms. The van der Waals surface area contributed by atoms with Gasteiger partial charge in [0.25, 0.3) is 11.4 Å². The monoisotopic (exact) mass is 577 g/mol. The molecule has 3 aromatic carbocycles. The molecule has 2 heterocycles. The lowest BCUT2D eigenvalue weighted by atomic mass is 9.83. The van der Waals surface area contributed by atoms with Crippen molar-refractivity contribution in [1.82, 2.24) is 0 Å². The van der Waals surface area contributed by atoms with E-state index in [-0.39, 0.29) is 23.0 Å². The number of carbonyl (C=O) groups excluding carboxylic acids is 3. The lowest BCUT2D eigenvalue weighted by molar-refractivity contribution is -0.494. The van der Waals surface area contributed by atoms with Crippen molar-refractivity contribution in [2.75, 3.05) is 16.9 Å². The zero-order valence-electron chi connectivity index (χ0n) is 22.7. The van der Waals surface area contributed by atoms with Crippen LogP contribution in [0.2, 0.25) is 0 Å². The van der Waals surface area contributed by atoms with Gasteiger partial charge in [0.1, 0.15) is 28.8 Å². The van der Waals surface area contributed by atoms with Crippen molar-refractivity contribution in [1.29, 1.82) is 0 Å². The number of rotatable bonds is 5. The number of phenols is 1. The van der Waals surface area contributed by atoms with Crippen LogP contribution in [0.5, 0.6) is 5.75 Å². The summed E-state index contributed by atoms with van der Waals surface area (Å²) in [5, 5.41) is 21.2. The zero-order chi connectivity index (χ0) is 30.5. The number of guanidine groups is 1. The molecular weight excluding hydrogens is 552 g/mol. The van der Waals surface area contributed by atoms with Gasteiger partial charge in [-0.05, 0) is 54.1 Å². The molecule has 2 amide bonds. The number of carboxylic acids is 1. The van der Waals surface area contributed by atoms with E-state index in [0.717, 1.165) is 4.90 Å². The molecule has 1 saturated heterocycles. The number of carboxylic acid groups (broad SMARTS) is 1. The summed E-state index contributed by atoms with van der Waals surface area (Å²) >= 11 is 0. The Kier molecular flexibility index (Phi) is 6.42. The number of anilines is 2. The number of nitrogens with two attached hydrogens (primary N) is 1. The van der Waals surface area contributed by atoms with Crippen LogP contribution in [0.1, 0.15) is 0 Å². The maximum absolute atomic E-state index is 15.1. The van der Waals surface area contributed by atoms with E-state index in [2.05, 4.69) is 0 Å². The van der Waals surface area contributed by atoms with Gasteiger partial charge in [-0.3, -0.25) is 25.0 Å². The third kappa shape index (κ3) is 3.86. The Morgan fingerprint density at radius 1 is 0.953 bits per heavy atom. The van der Waals surface area contributed by atoms with Crippen molar-refractivity contribution in [2.24, 2.45) is 11.7 Å². The molecule has 1 aliphatic carbocycles. The first-order valence-electron chi connectivity index (χ1n) is 13.2. The first-order chi connectivity index (χ1) is 20.7. The van der Waals surface area contributed by atoms with E-state index < -0.39 is 46.5 Å². The van der Waals surface area contributed by atoms with Gasteiger partial charge in [-0.15, -0.1) is 0 Å². The number of ether oxygens (including phenoxy) is 1. The molecule has 11 nitrogen and oxygen atoms in total. The average molecular weight is 578 g/mol. The number of Topliss-reactive ketones (excluding diaryl/α,β-unsaturated/α-hetero) is 1. The fourth-order valence-electron chi connectivity index (χ4n) is 5.81. The number of hydrogen-bond donors (Lipinski definition) is 3. The predicted octanol–water partition coefficient (Wildman–Crippen LogP) is 2.81. The molecule has 2 atom stereocenters. The Morgan fingerprint density at radius 3 is 2.21 bits per heavy atom. The predicted molar refractivity (Wildman–Crippen MR) is 155 cm³/mol. The van der Waals surface area contributed by atoms with Gasteiger partial charge in [-0.2, -0.15) is 9.48 Å². The summed E-state index contributed by atoms with van der Waals surface area (Å²) in [6.07, 6.45) is 4.07. The lowest BCUT2D eigenvalue weighted by Gasteiger charge is -2.34. The van der Waals surface area contributed by atoms with Crippen molar-refractivity contribution in [2.45, 2.75) is 5.66 Å². The number of para-hydroxylation sites is 4. The van der Waals surface area contributed by atoms with Crippen LogP contribution in [0.4, 0.5) is 17.1 Å². The Labute approximate surface area is 245 Å². The number of aliphatic carboxylic acids is 1. The number of ketones is 1. The van der Waals surface area contributed by atoms with Crippen molar-refractivity contribution < 1.29 is 38.7 Å². The van der Waals surface area contributed by atoms with Gasteiger partial charge in [-0.1, -0.05) is 54.6 Å². The summed E-state index contributed by atoms with van der Waals surface area (Å²) < 4.78 is 6.69. The second kappa shape index (κ2) is 10.1. The molecule has 214 valence electrons. The molecule has 1 fully saturated rings. The maximum atomic E-state index is 15.1. The third-order valence-corrected chi connectivity index (χ3v) is 7.61. The number of benzene rings is 3. The molecule has 3 aliphatic rings. The second-order valence-corrected chi connectivity index (χ2v) is 9.89. The number of amides is 2. The molecule has 6 rings (SSSR count). The Morgan fingerprint density at radius 2 is 1.58 bits per heavy atom. The minimum Gasteiger partial charge on any atom is -0.506 e. The molecule has 2 aliphatic heterocycles. The van der Waals surface area contributed by atoms with Gasteiger partial charge in [0, 0.05) is 0 Å². The highest BCUT2D eigenvalue weighted by atomic mass is 16.5. The van der Waals surface area contributed by atoms with Gasteiger partial charge in [0.05, 0.1) is 18.4 Å². The van der Waals surface area contributed by atoms with Crippen LogP contribution in [-0.4, -0.2) is 57.1 Å². The molecule has 11 heteroatoms. The fourth-order valence-corrected chi connectivity index (χ4v) is 5.81. The van der Waals surface area contributed by atoms with Crippen molar-refractivity contribution >= 4 is 46.6 Å². The van der Waals surface area contributed by atoms with Crippen LogP contribution in [0.3, 0.4) is 0 Å². The summed E-state index contributed by atoms with van der Waals surface area (Å²) in [5.41, 5.74) is 4.33. The quantitative estimate of drug-likeness (QED) is 0.238. The van der Waals surface area contributed by atoms with Gasteiger partial charge < -0.3 is 14.9 Å². The van der Waals surface area contributed by atoms with Crippen LogP contribution < -0.4 is 15.5 Å². The van der Waals surface area contributed by atoms with Gasteiger partial charge in [0.2, 0.25) is 0 Å². The van der Waals surface area contributed by atoms with Gasteiger partial charge >= 0.3 is 23.7 Å². The zero-order valence-corrected chi connectivity index (χ0v) is 22.7. The normalized spacial score (nSPS) is 23.4. The van der Waals surface area contributed by atoms with Crippen molar-refractivity contribution in [3.63, 3.8) is 0 Å². The van der Waals surface area contributed by atoms with Crippen LogP contribution in [0, 0.1) is 5.92 Å². The Bertz CT molecular complexity index is 1830. The van der Waals surface area contributed by atoms with Crippen molar-refractivity contribution in [3.05, 3.63) is 120 Å². The van der Waals surface area contributed by atoms with E-state index in [0.29, 0.717) is 11.4 Å². The number of carbonyl (C=O) groups is 4. The summed E-state index contributed by atoms with van der Waals surface area (Å²) in [6, 6.07) is 22.6. The smallest absolute Gasteiger partial charge is 0.366 e.